The van der Waals surface area contributed by atoms with Gasteiger partial charge < -0.3 is 10.2 Å². The van der Waals surface area contributed by atoms with Gasteiger partial charge in [-0.2, -0.15) is 0 Å². The molecule has 0 spiro atoms. The fraction of sp³-hybridized carbons (Fsp3) is 0.333. The Kier molecular flexibility index (Phi) is 14.7. The van der Waals surface area contributed by atoms with E-state index in [4.69, 9.17) is 23.2 Å². The second-order valence-corrected chi connectivity index (χ2v) is 23.4. The van der Waals surface area contributed by atoms with Crippen LogP contribution in [0.25, 0.3) is 0 Å². The summed E-state index contributed by atoms with van der Waals surface area (Å²) in [5.41, 5.74) is 11.3. The molecule has 0 amide bonds. The summed E-state index contributed by atoms with van der Waals surface area (Å²) in [5.74, 6) is 5.98. The number of nitrogens with zero attached hydrogens (tertiary/aromatic N) is 1. The Morgan fingerprint density at radius 2 is 0.794 bits per heavy atom. The Balaban J connectivity index is 0.000000124. The Morgan fingerprint density at radius 3 is 1.19 bits per heavy atom. The third-order valence-corrected chi connectivity index (χ3v) is 17.4. The molecule has 0 aromatic heterocycles. The highest BCUT2D eigenvalue weighted by Crippen LogP contribution is 2.62. The zero-order chi connectivity index (χ0) is 46.5. The van der Waals surface area contributed by atoms with Crippen LogP contribution in [0.15, 0.2) is 188 Å². The fourth-order valence-electron chi connectivity index (χ4n) is 14.1. The second-order valence-electron chi connectivity index (χ2n) is 21.3. The first-order chi connectivity index (χ1) is 33.2. The zero-order valence-electron chi connectivity index (χ0n) is 39.4. The number of nitrogens with one attached hydrogen (secondary N) is 1. The second kappa shape index (κ2) is 21.2. The van der Waals surface area contributed by atoms with Crippen LogP contribution in [0.1, 0.15) is 93.7 Å². The number of anilines is 5. The first kappa shape index (κ1) is 47.1. The van der Waals surface area contributed by atoms with E-state index in [1.807, 2.05) is 54.6 Å². The highest BCUT2D eigenvalue weighted by atomic mass is 127. The van der Waals surface area contributed by atoms with Crippen molar-refractivity contribution in [2.45, 2.75) is 94.8 Å². The smallest absolute Gasteiger partial charge is 0.0462 e. The number of benzene rings is 7. The summed E-state index contributed by atoms with van der Waals surface area (Å²) < 4.78 is 1.18. The van der Waals surface area contributed by atoms with E-state index in [-0.39, 0.29) is 0 Å². The number of aryl methyl sites for hydroxylation is 1. The number of para-hydroxylation sites is 2. The molecule has 8 bridgehead atoms. The summed E-state index contributed by atoms with van der Waals surface area (Å²) in [5, 5.41) is 5.08. The average molecular weight is 1050 g/mol. The van der Waals surface area contributed by atoms with Crippen LogP contribution < -0.4 is 10.2 Å². The van der Waals surface area contributed by atoms with Crippen molar-refractivity contribution < 1.29 is 0 Å². The number of hydrogen-bond donors (Lipinski definition) is 1. The van der Waals surface area contributed by atoms with E-state index in [1.165, 1.54) is 103 Å². The first-order valence-electron chi connectivity index (χ1n) is 25.2. The highest BCUT2D eigenvalue weighted by molar-refractivity contribution is 14.1. The van der Waals surface area contributed by atoms with Crippen molar-refractivity contribution in [3.63, 3.8) is 0 Å². The minimum Gasteiger partial charge on any atom is -0.356 e. The molecule has 2 nitrogen and oxygen atoms in total. The van der Waals surface area contributed by atoms with Gasteiger partial charge in [-0.25, -0.2) is 0 Å². The van der Waals surface area contributed by atoms with E-state index < -0.39 is 0 Å². The quantitative estimate of drug-likeness (QED) is 0.160. The third-order valence-electron chi connectivity index (χ3n) is 16.2. The van der Waals surface area contributed by atoms with Crippen LogP contribution in [-0.4, -0.2) is 0 Å². The van der Waals surface area contributed by atoms with Crippen molar-refractivity contribution >= 4 is 74.2 Å². The van der Waals surface area contributed by atoms with Crippen molar-refractivity contribution in [2.24, 2.45) is 35.5 Å². The van der Waals surface area contributed by atoms with Gasteiger partial charge >= 0.3 is 0 Å². The molecule has 7 aromatic rings. The molecule has 0 aliphatic heterocycles. The monoisotopic (exact) mass is 1050 g/mol. The van der Waals surface area contributed by atoms with E-state index >= 15 is 0 Å². The van der Waals surface area contributed by atoms with Gasteiger partial charge in [-0.15, -0.1) is 0 Å². The number of hydrogen-bond acceptors (Lipinski definition) is 2. The maximum atomic E-state index is 6.16. The van der Waals surface area contributed by atoms with Gasteiger partial charge in [0.15, 0.2) is 0 Å². The molecule has 8 fully saturated rings. The van der Waals surface area contributed by atoms with Crippen molar-refractivity contribution in [3.05, 3.63) is 218 Å². The maximum Gasteiger partial charge on any atom is 0.0462 e. The largest absolute Gasteiger partial charge is 0.356 e. The van der Waals surface area contributed by atoms with E-state index in [2.05, 4.69) is 173 Å². The minimum atomic E-state index is 0.450. The topological polar surface area (TPSA) is 15.3 Å². The molecule has 68 heavy (non-hydrogen) atoms. The lowest BCUT2D eigenvalue weighted by molar-refractivity contribution is -0.00530. The standard InChI is InChI=1S/C28H28ClN.C22H25N.C7H8.C6H4ClI/c29-24-8-12-27(13-9-24)30(25-4-2-1-3-5-25)26-10-6-23(7-11-26)28-17-20-14-21(18-28)16-22(15-20)19-28;1-2-4-20(5-3-1)23-21-8-6-19(7-9-21)22-13-16-10-17(14-22)12-18(11-16)15-22;1-7-5-3-2-4-6-7;7-5-2-1-3-6(8)4-5/h1-13,20-22H,14-19H2;1-9,16-18,23H,10-15H2;2-6H,1H3;1-4H. The summed E-state index contributed by atoms with van der Waals surface area (Å²) in [6.07, 6.45) is 17.6. The minimum absolute atomic E-state index is 0.450. The SMILES string of the molecule is Cc1ccccc1.Clc1ccc(N(c2ccccc2)c2ccc(C34CC5CC(CC(C5)C3)C4)cc2)cc1.Clc1cccc(I)c1.c1ccc(Nc2ccc(C34CC5CC(CC(C5)C3)C4)cc2)cc1. The van der Waals surface area contributed by atoms with E-state index in [0.29, 0.717) is 10.8 Å². The first-order valence-corrected chi connectivity index (χ1v) is 27.1. The lowest BCUT2D eigenvalue weighted by Crippen LogP contribution is -2.48. The Hall–Kier alpha value is -4.55. The zero-order valence-corrected chi connectivity index (χ0v) is 43.1. The molecule has 8 aliphatic rings. The van der Waals surface area contributed by atoms with Crippen LogP contribution in [0.3, 0.4) is 0 Å². The van der Waals surface area contributed by atoms with Gasteiger partial charge in [-0.3, -0.25) is 0 Å². The Labute approximate surface area is 430 Å². The van der Waals surface area contributed by atoms with E-state index in [0.717, 1.165) is 56.9 Å². The molecule has 0 unspecified atom stereocenters. The van der Waals surface area contributed by atoms with Gasteiger partial charge in [0.1, 0.15) is 0 Å². The fourth-order valence-corrected chi connectivity index (χ4v) is 15.1. The van der Waals surface area contributed by atoms with Crippen molar-refractivity contribution in [2.75, 3.05) is 10.2 Å². The van der Waals surface area contributed by atoms with Gasteiger partial charge in [0.05, 0.1) is 0 Å². The molecule has 0 radical (unpaired) electrons. The molecular formula is C63H65Cl2IN2. The average Bonchev–Trinajstić information content (AvgIpc) is 3.33. The predicted molar refractivity (Wildman–Crippen MR) is 297 cm³/mol. The van der Waals surface area contributed by atoms with Crippen LogP contribution >= 0.6 is 45.8 Å². The predicted octanol–water partition coefficient (Wildman–Crippen LogP) is 19.1. The van der Waals surface area contributed by atoms with Crippen LogP contribution in [0.4, 0.5) is 28.4 Å². The number of rotatable bonds is 7. The third kappa shape index (κ3) is 11.2. The molecule has 15 rings (SSSR count). The lowest BCUT2D eigenvalue weighted by Gasteiger charge is -2.57. The Morgan fingerprint density at radius 1 is 0.412 bits per heavy atom. The summed E-state index contributed by atoms with van der Waals surface area (Å²) >= 11 is 14.0. The van der Waals surface area contributed by atoms with Crippen molar-refractivity contribution in [3.8, 4) is 0 Å². The molecule has 5 heteroatoms. The van der Waals surface area contributed by atoms with Gasteiger partial charge in [-0.1, -0.05) is 126 Å². The van der Waals surface area contributed by atoms with Gasteiger partial charge in [0.2, 0.25) is 0 Å². The summed E-state index contributed by atoms with van der Waals surface area (Å²) in [7, 11) is 0. The van der Waals surface area contributed by atoms with Crippen molar-refractivity contribution in [1.29, 1.82) is 0 Å². The van der Waals surface area contributed by atoms with Gasteiger partial charge in [-0.05, 0) is 255 Å². The summed E-state index contributed by atoms with van der Waals surface area (Å²) in [6, 6.07) is 66.0. The molecule has 348 valence electrons. The van der Waals surface area contributed by atoms with Crippen LogP contribution in [-0.2, 0) is 10.8 Å². The molecule has 7 aromatic carbocycles. The van der Waals surface area contributed by atoms with Crippen LogP contribution in [0, 0.1) is 46.0 Å². The molecule has 8 saturated carbocycles. The lowest BCUT2D eigenvalue weighted by atomic mass is 9.48. The van der Waals surface area contributed by atoms with E-state index in [1.54, 1.807) is 11.1 Å². The normalized spacial score (nSPS) is 26.5. The van der Waals surface area contributed by atoms with Crippen LogP contribution in [0.2, 0.25) is 10.0 Å². The Bertz CT molecular complexity index is 2600. The van der Waals surface area contributed by atoms with Crippen molar-refractivity contribution in [1.82, 2.24) is 0 Å². The highest BCUT2D eigenvalue weighted by Gasteiger charge is 2.52. The number of halogens is 3. The van der Waals surface area contributed by atoms with Gasteiger partial charge in [0.25, 0.3) is 0 Å². The molecular weight excluding hydrogens is 983 g/mol. The van der Waals surface area contributed by atoms with E-state index in [9.17, 15) is 0 Å². The summed E-state index contributed by atoms with van der Waals surface area (Å²) in [6.45, 7) is 2.08. The molecule has 0 heterocycles. The maximum absolute atomic E-state index is 6.16. The molecule has 8 aliphatic carbocycles. The molecule has 0 atom stereocenters. The van der Waals surface area contributed by atoms with Crippen LogP contribution in [0.5, 0.6) is 0 Å². The summed E-state index contributed by atoms with van der Waals surface area (Å²) in [4.78, 5) is 2.32. The molecule has 1 N–H and O–H groups in total. The van der Waals surface area contributed by atoms with Gasteiger partial charge in [0, 0.05) is 42.1 Å². The molecule has 0 saturated heterocycles.